The second-order valence-corrected chi connectivity index (χ2v) is 11.9. The Bertz CT molecular complexity index is 1350. The smallest absolute Gasteiger partial charge is 0.411 e. The standard InChI is InChI=1S/C24H27ClN4O5S2/c1-15(30)27-18-9-10-19(21(13-18)36(32,33)29-24(2,3)4)20-14-26-22(35-20)16-5-7-17(8-6-16)28-23(31)34-12-11-25/h5-10,13-14,29H,11-12H2,1-4H3,(H,27,30)(H,28,31). The summed E-state index contributed by atoms with van der Waals surface area (Å²) >= 11 is 6.83. The SMILES string of the molecule is CC(=O)Nc1ccc(-c2cnc(-c3ccc(NC(=O)OCCCl)cc3)s2)c(S(=O)(=O)NC(C)(C)C)c1. The molecule has 9 nitrogen and oxygen atoms in total. The minimum Gasteiger partial charge on any atom is -0.448 e. The predicted octanol–water partition coefficient (Wildman–Crippen LogP) is 5.30. The van der Waals surface area contributed by atoms with Crippen LogP contribution in [0.3, 0.4) is 0 Å². The van der Waals surface area contributed by atoms with Crippen LogP contribution < -0.4 is 15.4 Å². The Morgan fingerprint density at radius 1 is 1.06 bits per heavy atom. The number of alkyl halides is 1. The second-order valence-electron chi connectivity index (χ2n) is 8.80. The van der Waals surface area contributed by atoms with Crippen molar-refractivity contribution in [2.45, 2.75) is 38.1 Å². The van der Waals surface area contributed by atoms with Gasteiger partial charge in [-0.2, -0.15) is 0 Å². The molecule has 12 heteroatoms. The number of nitrogens with one attached hydrogen (secondary N) is 3. The van der Waals surface area contributed by atoms with Crippen LogP contribution in [0, 0.1) is 0 Å². The van der Waals surface area contributed by atoms with Gasteiger partial charge in [0.25, 0.3) is 0 Å². The molecule has 0 saturated heterocycles. The van der Waals surface area contributed by atoms with E-state index in [0.29, 0.717) is 26.8 Å². The van der Waals surface area contributed by atoms with Gasteiger partial charge in [-0.05, 0) is 57.2 Å². The van der Waals surface area contributed by atoms with E-state index in [0.717, 1.165) is 5.56 Å². The molecule has 0 atom stereocenters. The number of thiazole rings is 1. The topological polar surface area (TPSA) is 126 Å². The highest BCUT2D eigenvalue weighted by atomic mass is 35.5. The van der Waals surface area contributed by atoms with Crippen LogP contribution in [0.1, 0.15) is 27.7 Å². The lowest BCUT2D eigenvalue weighted by atomic mass is 10.1. The van der Waals surface area contributed by atoms with E-state index in [4.69, 9.17) is 16.3 Å². The summed E-state index contributed by atoms with van der Waals surface area (Å²) in [6.07, 6.45) is 1.01. The van der Waals surface area contributed by atoms with Crippen LogP contribution in [-0.2, 0) is 19.6 Å². The van der Waals surface area contributed by atoms with Crippen molar-refractivity contribution in [1.82, 2.24) is 9.71 Å². The Balaban J connectivity index is 1.93. The number of ether oxygens (including phenoxy) is 1. The molecule has 1 heterocycles. The van der Waals surface area contributed by atoms with E-state index in [2.05, 4.69) is 20.3 Å². The minimum absolute atomic E-state index is 0.0360. The normalized spacial score (nSPS) is 11.7. The number of rotatable bonds is 8. The number of carbonyl (C=O) groups excluding carboxylic acids is 2. The molecule has 0 radical (unpaired) electrons. The number of amides is 2. The number of nitrogens with zero attached hydrogens (tertiary/aromatic N) is 1. The van der Waals surface area contributed by atoms with Crippen LogP contribution >= 0.6 is 22.9 Å². The fraction of sp³-hybridized carbons (Fsp3) is 0.292. The number of anilines is 2. The fourth-order valence-corrected chi connectivity index (χ4v) is 5.97. The zero-order valence-electron chi connectivity index (χ0n) is 20.2. The summed E-state index contributed by atoms with van der Waals surface area (Å²) in [5, 5.41) is 5.90. The molecular weight excluding hydrogens is 524 g/mol. The van der Waals surface area contributed by atoms with Crippen LogP contribution in [0.25, 0.3) is 21.0 Å². The average Bonchev–Trinajstić information content (AvgIpc) is 3.26. The first-order valence-electron chi connectivity index (χ1n) is 10.9. The number of sulfonamides is 1. The van der Waals surface area contributed by atoms with E-state index < -0.39 is 21.7 Å². The van der Waals surface area contributed by atoms with Crippen molar-refractivity contribution >= 4 is 56.3 Å². The summed E-state index contributed by atoms with van der Waals surface area (Å²) in [4.78, 5) is 28.4. The van der Waals surface area contributed by atoms with Crippen LogP contribution in [0.4, 0.5) is 16.2 Å². The number of hydrogen-bond acceptors (Lipinski definition) is 7. The van der Waals surface area contributed by atoms with Crippen molar-refractivity contribution in [3.05, 3.63) is 48.7 Å². The van der Waals surface area contributed by atoms with E-state index >= 15 is 0 Å². The lowest BCUT2D eigenvalue weighted by Crippen LogP contribution is -2.40. The molecule has 3 aromatic rings. The predicted molar refractivity (Wildman–Crippen MR) is 143 cm³/mol. The average molecular weight is 551 g/mol. The molecule has 3 rings (SSSR count). The largest absolute Gasteiger partial charge is 0.448 e. The molecule has 1 aromatic heterocycles. The van der Waals surface area contributed by atoms with Gasteiger partial charge < -0.3 is 10.1 Å². The van der Waals surface area contributed by atoms with E-state index in [9.17, 15) is 18.0 Å². The quantitative estimate of drug-likeness (QED) is 0.327. The molecule has 0 aliphatic heterocycles. The molecule has 0 unspecified atom stereocenters. The van der Waals surface area contributed by atoms with Gasteiger partial charge in [0.05, 0.1) is 15.7 Å². The van der Waals surface area contributed by atoms with Gasteiger partial charge in [0.2, 0.25) is 15.9 Å². The number of benzene rings is 2. The molecule has 0 aliphatic carbocycles. The van der Waals surface area contributed by atoms with Crippen LogP contribution in [0.2, 0.25) is 0 Å². The first-order chi connectivity index (χ1) is 16.9. The van der Waals surface area contributed by atoms with Crippen molar-refractivity contribution in [2.24, 2.45) is 0 Å². The zero-order valence-corrected chi connectivity index (χ0v) is 22.6. The van der Waals surface area contributed by atoms with Gasteiger partial charge in [-0.15, -0.1) is 22.9 Å². The van der Waals surface area contributed by atoms with Gasteiger partial charge in [-0.25, -0.2) is 22.9 Å². The molecule has 0 aliphatic rings. The number of carbonyl (C=O) groups is 2. The highest BCUT2D eigenvalue weighted by molar-refractivity contribution is 7.89. The van der Waals surface area contributed by atoms with Gasteiger partial charge in [0, 0.05) is 41.2 Å². The Hall–Kier alpha value is -2.99. The molecule has 0 bridgehead atoms. The molecule has 0 fully saturated rings. The summed E-state index contributed by atoms with van der Waals surface area (Å²) in [6, 6.07) is 11.7. The third kappa shape index (κ3) is 7.50. The van der Waals surface area contributed by atoms with Gasteiger partial charge in [-0.1, -0.05) is 6.07 Å². The summed E-state index contributed by atoms with van der Waals surface area (Å²) in [6.45, 7) is 6.73. The van der Waals surface area contributed by atoms with Crippen molar-refractivity contribution in [1.29, 1.82) is 0 Å². The summed E-state index contributed by atoms with van der Waals surface area (Å²) in [5.74, 6) is -0.0931. The molecule has 36 heavy (non-hydrogen) atoms. The first kappa shape index (κ1) is 27.6. The monoisotopic (exact) mass is 550 g/mol. The Labute approximate surface area is 219 Å². The summed E-state index contributed by atoms with van der Waals surface area (Å²) < 4.78 is 34.1. The minimum atomic E-state index is -3.92. The molecule has 192 valence electrons. The molecule has 2 amide bonds. The van der Waals surface area contributed by atoms with Crippen molar-refractivity contribution in [3.8, 4) is 21.0 Å². The lowest BCUT2D eigenvalue weighted by molar-refractivity contribution is -0.114. The van der Waals surface area contributed by atoms with Gasteiger partial charge in [-0.3, -0.25) is 10.1 Å². The molecule has 0 saturated carbocycles. The Morgan fingerprint density at radius 2 is 1.72 bits per heavy atom. The highest BCUT2D eigenvalue weighted by Crippen LogP contribution is 2.37. The van der Waals surface area contributed by atoms with E-state index in [-0.39, 0.29) is 23.3 Å². The second kappa shape index (κ2) is 11.4. The zero-order chi connectivity index (χ0) is 26.5. The van der Waals surface area contributed by atoms with Crippen LogP contribution in [0.15, 0.2) is 53.6 Å². The molecular formula is C24H27ClN4O5S2. The maximum atomic E-state index is 13.3. The number of hydrogen-bond donors (Lipinski definition) is 3. The maximum absolute atomic E-state index is 13.3. The van der Waals surface area contributed by atoms with E-state index in [1.54, 1.807) is 63.4 Å². The third-order valence-corrected chi connectivity index (χ3v) is 7.52. The van der Waals surface area contributed by atoms with E-state index in [1.807, 2.05) is 0 Å². The van der Waals surface area contributed by atoms with Crippen LogP contribution in [-0.4, -0.2) is 43.4 Å². The number of aromatic nitrogens is 1. The van der Waals surface area contributed by atoms with Gasteiger partial charge >= 0.3 is 6.09 Å². The number of halogens is 1. The molecule has 2 aromatic carbocycles. The van der Waals surface area contributed by atoms with Gasteiger partial charge in [0.15, 0.2) is 0 Å². The highest BCUT2D eigenvalue weighted by Gasteiger charge is 2.26. The summed E-state index contributed by atoms with van der Waals surface area (Å²) in [7, 11) is -3.92. The molecule has 0 spiro atoms. The summed E-state index contributed by atoms with van der Waals surface area (Å²) in [5.41, 5.74) is 1.47. The lowest BCUT2D eigenvalue weighted by Gasteiger charge is -2.22. The first-order valence-corrected chi connectivity index (χ1v) is 13.7. The Kier molecular flexibility index (Phi) is 8.72. The fourth-order valence-electron chi connectivity index (χ4n) is 3.20. The Morgan fingerprint density at radius 3 is 2.33 bits per heavy atom. The molecule has 3 N–H and O–H groups in total. The van der Waals surface area contributed by atoms with Crippen molar-refractivity contribution < 1.29 is 22.7 Å². The van der Waals surface area contributed by atoms with Crippen molar-refractivity contribution in [2.75, 3.05) is 23.1 Å². The third-order valence-electron chi connectivity index (χ3n) is 4.49. The van der Waals surface area contributed by atoms with Crippen molar-refractivity contribution in [3.63, 3.8) is 0 Å². The van der Waals surface area contributed by atoms with Crippen LogP contribution in [0.5, 0.6) is 0 Å². The van der Waals surface area contributed by atoms with E-state index in [1.165, 1.54) is 24.3 Å². The van der Waals surface area contributed by atoms with Gasteiger partial charge in [0.1, 0.15) is 11.6 Å². The maximum Gasteiger partial charge on any atom is 0.411 e.